The Morgan fingerprint density at radius 2 is 1.87 bits per heavy atom. The van der Waals surface area contributed by atoms with Gasteiger partial charge in [0.1, 0.15) is 5.75 Å². The molecule has 0 radical (unpaired) electrons. The standard InChI is InChI=1S/C20H20BrN5O3S/c1-4-29-19(27)18(24-22-15-9-7-14(21)8-10-15)30-20-25-23-17(26(20)2)13-5-11-16(28-3)12-6-13/h5-12,22H,4H2,1-3H3. The van der Waals surface area contributed by atoms with Gasteiger partial charge in [0.05, 0.1) is 19.4 Å². The molecule has 0 atom stereocenters. The predicted octanol–water partition coefficient (Wildman–Crippen LogP) is 4.33. The number of rotatable bonds is 6. The molecule has 0 aliphatic rings. The third-order valence-corrected chi connectivity index (χ3v) is 5.47. The molecule has 0 amide bonds. The zero-order valence-corrected chi connectivity index (χ0v) is 19.0. The molecule has 0 unspecified atom stereocenters. The van der Waals surface area contributed by atoms with Crippen molar-refractivity contribution in [1.82, 2.24) is 14.8 Å². The van der Waals surface area contributed by atoms with Gasteiger partial charge < -0.3 is 14.0 Å². The van der Waals surface area contributed by atoms with E-state index in [2.05, 4.69) is 36.7 Å². The molecule has 0 saturated heterocycles. The first-order chi connectivity index (χ1) is 14.5. The molecule has 8 nitrogen and oxygen atoms in total. The Morgan fingerprint density at radius 1 is 1.17 bits per heavy atom. The number of nitrogens with one attached hydrogen (secondary N) is 1. The van der Waals surface area contributed by atoms with Gasteiger partial charge in [0.15, 0.2) is 11.0 Å². The Bertz CT molecular complexity index is 1040. The highest BCUT2D eigenvalue weighted by Gasteiger charge is 2.20. The van der Waals surface area contributed by atoms with Gasteiger partial charge in [0.2, 0.25) is 5.04 Å². The molecule has 30 heavy (non-hydrogen) atoms. The molecule has 1 aromatic heterocycles. The molecule has 10 heteroatoms. The van der Waals surface area contributed by atoms with E-state index in [-0.39, 0.29) is 11.7 Å². The number of thioether (sulfide) groups is 1. The zero-order chi connectivity index (χ0) is 21.5. The Hall–Kier alpha value is -2.85. The van der Waals surface area contributed by atoms with Crippen LogP contribution in [0, 0.1) is 0 Å². The molecule has 2 aromatic carbocycles. The van der Waals surface area contributed by atoms with E-state index in [1.165, 1.54) is 0 Å². The summed E-state index contributed by atoms with van der Waals surface area (Å²) in [6.45, 7) is 1.99. The van der Waals surface area contributed by atoms with Crippen molar-refractivity contribution < 1.29 is 14.3 Å². The fraction of sp³-hybridized carbons (Fsp3) is 0.200. The van der Waals surface area contributed by atoms with Crippen LogP contribution in [-0.4, -0.2) is 39.5 Å². The van der Waals surface area contributed by atoms with Gasteiger partial charge in [-0.1, -0.05) is 15.9 Å². The molecule has 0 saturated carbocycles. The van der Waals surface area contributed by atoms with Gasteiger partial charge in [-0.2, -0.15) is 5.10 Å². The third-order valence-electron chi connectivity index (χ3n) is 3.95. The summed E-state index contributed by atoms with van der Waals surface area (Å²) >= 11 is 4.46. The molecule has 1 heterocycles. The van der Waals surface area contributed by atoms with Crippen molar-refractivity contribution >= 4 is 44.4 Å². The molecule has 156 valence electrons. The minimum Gasteiger partial charge on any atom is -0.497 e. The number of anilines is 1. The fourth-order valence-corrected chi connectivity index (χ4v) is 3.40. The normalized spacial score (nSPS) is 11.3. The maximum atomic E-state index is 12.4. The smallest absolute Gasteiger partial charge is 0.365 e. The maximum absolute atomic E-state index is 12.4. The molecule has 0 aliphatic carbocycles. The van der Waals surface area contributed by atoms with E-state index in [1.54, 1.807) is 18.6 Å². The number of methoxy groups -OCH3 is 1. The number of hydrogen-bond donors (Lipinski definition) is 1. The molecule has 3 rings (SSSR count). The fourth-order valence-electron chi connectivity index (χ4n) is 2.42. The summed E-state index contributed by atoms with van der Waals surface area (Å²) in [5.41, 5.74) is 4.49. The Labute approximate surface area is 186 Å². The Balaban J connectivity index is 1.83. The average molecular weight is 490 g/mol. The third kappa shape index (κ3) is 5.39. The van der Waals surface area contributed by atoms with Crippen LogP contribution in [-0.2, 0) is 16.6 Å². The lowest BCUT2D eigenvalue weighted by atomic mass is 10.2. The SMILES string of the molecule is CCOC(=O)C(=NNc1ccc(Br)cc1)Sc1nnc(-c2ccc(OC)cc2)n1C. The number of hydrazone groups is 1. The van der Waals surface area contributed by atoms with Gasteiger partial charge in [-0.05, 0) is 67.2 Å². The van der Waals surface area contributed by atoms with Crippen LogP contribution in [0.3, 0.4) is 0 Å². The van der Waals surface area contributed by atoms with Gasteiger partial charge in [-0.15, -0.1) is 10.2 Å². The summed E-state index contributed by atoms with van der Waals surface area (Å²) in [7, 11) is 3.44. The van der Waals surface area contributed by atoms with E-state index in [4.69, 9.17) is 9.47 Å². The number of halogens is 1. The first-order valence-corrected chi connectivity index (χ1v) is 10.6. The van der Waals surface area contributed by atoms with Crippen LogP contribution in [0.15, 0.2) is 63.3 Å². The highest BCUT2D eigenvalue weighted by Crippen LogP contribution is 2.26. The van der Waals surface area contributed by atoms with E-state index in [9.17, 15) is 4.79 Å². The highest BCUT2D eigenvalue weighted by atomic mass is 79.9. The summed E-state index contributed by atoms with van der Waals surface area (Å²) in [6.07, 6.45) is 0. The topological polar surface area (TPSA) is 90.6 Å². The zero-order valence-electron chi connectivity index (χ0n) is 16.6. The van der Waals surface area contributed by atoms with E-state index >= 15 is 0 Å². The van der Waals surface area contributed by atoms with Crippen LogP contribution in [0.5, 0.6) is 5.75 Å². The minimum atomic E-state index is -0.541. The van der Waals surface area contributed by atoms with Crippen LogP contribution >= 0.6 is 27.7 Å². The molecule has 0 fully saturated rings. The highest BCUT2D eigenvalue weighted by molar-refractivity contribution is 9.10. The Kier molecular flexibility index (Phi) is 7.47. The summed E-state index contributed by atoms with van der Waals surface area (Å²) in [5, 5.41) is 13.3. The van der Waals surface area contributed by atoms with Crippen LogP contribution in [0.25, 0.3) is 11.4 Å². The number of carbonyl (C=O) groups excluding carboxylic acids is 1. The van der Waals surface area contributed by atoms with Crippen molar-refractivity contribution in [2.75, 3.05) is 19.1 Å². The molecule has 3 aromatic rings. The summed E-state index contributed by atoms with van der Waals surface area (Å²) in [4.78, 5) is 12.4. The van der Waals surface area contributed by atoms with Gasteiger partial charge >= 0.3 is 5.97 Å². The number of carbonyl (C=O) groups is 1. The van der Waals surface area contributed by atoms with Crippen molar-refractivity contribution in [3.8, 4) is 17.1 Å². The van der Waals surface area contributed by atoms with Crippen LogP contribution in [0.2, 0.25) is 0 Å². The molecule has 0 aliphatic heterocycles. The number of esters is 1. The van der Waals surface area contributed by atoms with E-state index < -0.39 is 5.97 Å². The number of nitrogens with zero attached hydrogens (tertiary/aromatic N) is 4. The first-order valence-electron chi connectivity index (χ1n) is 9.00. The van der Waals surface area contributed by atoms with E-state index in [0.29, 0.717) is 11.0 Å². The lowest BCUT2D eigenvalue weighted by Gasteiger charge is -2.08. The number of hydrogen-bond acceptors (Lipinski definition) is 8. The van der Waals surface area contributed by atoms with E-state index in [1.807, 2.05) is 55.6 Å². The summed E-state index contributed by atoms with van der Waals surface area (Å²) in [5.74, 6) is 0.872. The quantitative estimate of drug-likeness (QED) is 0.181. The molecule has 1 N–H and O–H groups in total. The second-order valence-electron chi connectivity index (χ2n) is 5.95. The van der Waals surface area contributed by atoms with Crippen LogP contribution in [0.1, 0.15) is 6.92 Å². The molecular formula is C20H20BrN5O3S. The largest absolute Gasteiger partial charge is 0.497 e. The summed E-state index contributed by atoms with van der Waals surface area (Å²) in [6, 6.07) is 14.9. The number of ether oxygens (including phenoxy) is 2. The Morgan fingerprint density at radius 3 is 2.50 bits per heavy atom. The average Bonchev–Trinajstić information content (AvgIpc) is 3.12. The van der Waals surface area contributed by atoms with Crippen LogP contribution in [0.4, 0.5) is 5.69 Å². The number of benzene rings is 2. The van der Waals surface area contributed by atoms with E-state index in [0.717, 1.165) is 33.2 Å². The van der Waals surface area contributed by atoms with Crippen molar-refractivity contribution in [1.29, 1.82) is 0 Å². The lowest BCUT2D eigenvalue weighted by Crippen LogP contribution is -2.16. The lowest BCUT2D eigenvalue weighted by molar-refractivity contribution is -0.134. The van der Waals surface area contributed by atoms with Crippen molar-refractivity contribution in [2.24, 2.45) is 12.1 Å². The van der Waals surface area contributed by atoms with Gasteiger partial charge in [0.25, 0.3) is 0 Å². The van der Waals surface area contributed by atoms with Gasteiger partial charge in [-0.25, -0.2) is 4.79 Å². The molecule has 0 bridgehead atoms. The van der Waals surface area contributed by atoms with Crippen molar-refractivity contribution in [2.45, 2.75) is 12.1 Å². The minimum absolute atomic E-state index is 0.122. The van der Waals surface area contributed by atoms with Gasteiger partial charge in [-0.3, -0.25) is 5.43 Å². The predicted molar refractivity (Wildman–Crippen MR) is 121 cm³/mol. The summed E-state index contributed by atoms with van der Waals surface area (Å²) < 4.78 is 13.1. The van der Waals surface area contributed by atoms with Crippen LogP contribution < -0.4 is 10.2 Å². The number of aromatic nitrogens is 3. The molecule has 0 spiro atoms. The van der Waals surface area contributed by atoms with Gasteiger partial charge in [0, 0.05) is 17.1 Å². The second kappa shape index (κ2) is 10.3. The monoisotopic (exact) mass is 489 g/mol. The second-order valence-corrected chi connectivity index (χ2v) is 7.82. The van der Waals surface area contributed by atoms with Crippen molar-refractivity contribution in [3.05, 3.63) is 53.0 Å². The van der Waals surface area contributed by atoms with Crippen molar-refractivity contribution in [3.63, 3.8) is 0 Å². The maximum Gasteiger partial charge on any atom is 0.365 e. The first kappa shape index (κ1) is 21.8. The molecular weight excluding hydrogens is 470 g/mol.